The molecular formula is C19H21N3O5S. The first-order valence-electron chi connectivity index (χ1n) is 8.65. The first-order valence-corrected chi connectivity index (χ1v) is 10.1. The van der Waals surface area contributed by atoms with Gasteiger partial charge >= 0.3 is 0 Å². The molecule has 0 atom stereocenters. The van der Waals surface area contributed by atoms with E-state index in [1.165, 1.54) is 48.6 Å². The smallest absolute Gasteiger partial charge is 0.276 e. The van der Waals surface area contributed by atoms with Crippen molar-refractivity contribution in [3.63, 3.8) is 0 Å². The summed E-state index contributed by atoms with van der Waals surface area (Å²) in [6.45, 7) is 2.34. The second-order valence-corrected chi connectivity index (χ2v) is 7.68. The summed E-state index contributed by atoms with van der Waals surface area (Å²) in [5.41, 5.74) is 0.614. The maximum atomic E-state index is 12.1. The quantitative estimate of drug-likeness (QED) is 0.288. The molecule has 28 heavy (non-hydrogen) atoms. The van der Waals surface area contributed by atoms with E-state index in [0.29, 0.717) is 17.8 Å². The number of para-hydroxylation sites is 1. The highest BCUT2D eigenvalue weighted by Gasteiger charge is 2.13. The fourth-order valence-electron chi connectivity index (χ4n) is 2.33. The molecule has 8 nitrogen and oxygen atoms in total. The molecule has 9 heteroatoms. The molecule has 0 bridgehead atoms. The maximum Gasteiger partial charge on any atom is 0.276 e. The molecule has 2 rings (SSSR count). The fraction of sp³-hybridized carbons (Fsp3) is 0.211. The van der Waals surface area contributed by atoms with Crippen molar-refractivity contribution < 1.29 is 18.1 Å². The van der Waals surface area contributed by atoms with E-state index in [-0.39, 0.29) is 10.6 Å². The van der Waals surface area contributed by atoms with E-state index in [4.69, 9.17) is 0 Å². The number of hydrogen-bond donors (Lipinski definition) is 2. The Morgan fingerprint density at radius 3 is 2.46 bits per heavy atom. The number of benzene rings is 2. The summed E-state index contributed by atoms with van der Waals surface area (Å²) in [5, 5.41) is 13.6. The van der Waals surface area contributed by atoms with E-state index in [9.17, 15) is 23.3 Å². The summed E-state index contributed by atoms with van der Waals surface area (Å²) < 4.78 is 26.8. The lowest BCUT2D eigenvalue weighted by molar-refractivity contribution is -0.385. The van der Waals surface area contributed by atoms with Crippen LogP contribution in [0.3, 0.4) is 0 Å². The van der Waals surface area contributed by atoms with Crippen molar-refractivity contribution in [2.24, 2.45) is 0 Å². The van der Waals surface area contributed by atoms with E-state index in [1.54, 1.807) is 12.1 Å². The number of anilines is 1. The monoisotopic (exact) mass is 403 g/mol. The zero-order chi connectivity index (χ0) is 20.6. The first kappa shape index (κ1) is 21.3. The number of sulfonamides is 1. The van der Waals surface area contributed by atoms with Gasteiger partial charge in [0, 0.05) is 24.4 Å². The van der Waals surface area contributed by atoms with Gasteiger partial charge in [0.1, 0.15) is 0 Å². The molecular weight excluding hydrogens is 382 g/mol. The number of nitro benzene ring substituents is 1. The molecule has 0 unspecified atom stereocenters. The van der Waals surface area contributed by atoms with Crippen LogP contribution in [0.15, 0.2) is 59.5 Å². The number of carbonyl (C=O) groups is 1. The topological polar surface area (TPSA) is 118 Å². The lowest BCUT2D eigenvalue weighted by atomic mass is 10.1. The Bertz CT molecular complexity index is 969. The number of carbonyl (C=O) groups excluding carboxylic acids is 1. The molecule has 0 radical (unpaired) electrons. The third-order valence-electron chi connectivity index (χ3n) is 3.80. The Morgan fingerprint density at radius 1 is 1.14 bits per heavy atom. The lowest BCUT2D eigenvalue weighted by Gasteiger charge is -2.07. The van der Waals surface area contributed by atoms with Crippen LogP contribution in [0.2, 0.25) is 0 Å². The van der Waals surface area contributed by atoms with Crippen molar-refractivity contribution in [1.82, 2.24) is 4.72 Å². The van der Waals surface area contributed by atoms with Crippen LogP contribution in [0.5, 0.6) is 0 Å². The highest BCUT2D eigenvalue weighted by Crippen LogP contribution is 2.19. The summed E-state index contributed by atoms with van der Waals surface area (Å²) in [6.07, 6.45) is 4.16. The van der Waals surface area contributed by atoms with Gasteiger partial charge in [-0.1, -0.05) is 25.5 Å². The van der Waals surface area contributed by atoms with Crippen LogP contribution < -0.4 is 10.0 Å². The van der Waals surface area contributed by atoms with Gasteiger partial charge in [-0.05, 0) is 42.8 Å². The second kappa shape index (κ2) is 9.77. The summed E-state index contributed by atoms with van der Waals surface area (Å²) in [5.74, 6) is -0.491. The number of nitrogens with zero attached hydrogens (tertiary/aromatic N) is 1. The number of amides is 1. The van der Waals surface area contributed by atoms with Gasteiger partial charge in [-0.25, -0.2) is 13.1 Å². The molecule has 0 saturated heterocycles. The molecule has 2 aromatic rings. The minimum Gasteiger partial charge on any atom is -0.323 e. The number of unbranched alkanes of at least 4 members (excludes halogenated alkanes) is 1. The van der Waals surface area contributed by atoms with E-state index in [0.717, 1.165) is 12.8 Å². The molecule has 0 aromatic heterocycles. The summed E-state index contributed by atoms with van der Waals surface area (Å²) in [7, 11) is -3.58. The van der Waals surface area contributed by atoms with E-state index in [1.807, 2.05) is 6.92 Å². The van der Waals surface area contributed by atoms with E-state index >= 15 is 0 Å². The van der Waals surface area contributed by atoms with Gasteiger partial charge in [0.25, 0.3) is 5.69 Å². The number of rotatable bonds is 9. The van der Waals surface area contributed by atoms with Gasteiger partial charge in [-0.2, -0.15) is 0 Å². The number of nitro groups is 1. The van der Waals surface area contributed by atoms with Gasteiger partial charge in [0.2, 0.25) is 15.9 Å². The lowest BCUT2D eigenvalue weighted by Crippen LogP contribution is -2.24. The molecule has 0 saturated carbocycles. The van der Waals surface area contributed by atoms with Crippen LogP contribution in [0, 0.1) is 10.1 Å². The van der Waals surface area contributed by atoms with Gasteiger partial charge in [-0.3, -0.25) is 14.9 Å². The zero-order valence-electron chi connectivity index (χ0n) is 15.3. The minimum atomic E-state index is -3.58. The van der Waals surface area contributed by atoms with Crippen LogP contribution >= 0.6 is 0 Å². The predicted octanol–water partition coefficient (Wildman–Crippen LogP) is 3.33. The van der Waals surface area contributed by atoms with Gasteiger partial charge in [0.15, 0.2) is 0 Å². The fourth-order valence-corrected chi connectivity index (χ4v) is 3.40. The van der Waals surface area contributed by atoms with Crippen LogP contribution in [0.1, 0.15) is 25.3 Å². The van der Waals surface area contributed by atoms with Gasteiger partial charge in [-0.15, -0.1) is 0 Å². The average Bonchev–Trinajstić information content (AvgIpc) is 2.67. The molecule has 0 heterocycles. The molecule has 148 valence electrons. The SMILES string of the molecule is CCCCNS(=O)(=O)c1ccc(NC(=O)C=Cc2ccccc2[N+](=O)[O-])cc1. The molecule has 2 aromatic carbocycles. The number of hydrogen-bond acceptors (Lipinski definition) is 5. The van der Waals surface area contributed by atoms with Crippen molar-refractivity contribution in [2.75, 3.05) is 11.9 Å². The molecule has 0 aliphatic carbocycles. The molecule has 0 aliphatic heterocycles. The number of nitrogens with one attached hydrogen (secondary N) is 2. The Hall–Kier alpha value is -3.04. The largest absolute Gasteiger partial charge is 0.323 e. The molecule has 0 fully saturated rings. The van der Waals surface area contributed by atoms with Crippen LogP contribution in [-0.2, 0) is 14.8 Å². The Balaban J connectivity index is 2.02. The highest BCUT2D eigenvalue weighted by atomic mass is 32.2. The molecule has 0 aliphatic rings. The summed E-state index contributed by atoms with van der Waals surface area (Å²) in [6, 6.07) is 11.8. The van der Waals surface area contributed by atoms with E-state index in [2.05, 4.69) is 10.0 Å². The Morgan fingerprint density at radius 2 is 1.82 bits per heavy atom. The molecule has 0 spiro atoms. The molecule has 2 N–H and O–H groups in total. The van der Waals surface area contributed by atoms with Crippen molar-refractivity contribution in [3.05, 3.63) is 70.3 Å². The van der Waals surface area contributed by atoms with Crippen molar-refractivity contribution in [2.45, 2.75) is 24.7 Å². The predicted molar refractivity (Wildman–Crippen MR) is 107 cm³/mol. The summed E-state index contributed by atoms with van der Waals surface area (Å²) >= 11 is 0. The third kappa shape index (κ3) is 6.00. The first-order chi connectivity index (χ1) is 13.3. The average molecular weight is 403 g/mol. The second-order valence-electron chi connectivity index (χ2n) is 5.91. The van der Waals surface area contributed by atoms with Crippen LogP contribution in [0.25, 0.3) is 6.08 Å². The standard InChI is InChI=1S/C19H21N3O5S/c1-2-3-14-20-28(26,27)17-11-9-16(10-12-17)21-19(23)13-8-15-6-4-5-7-18(15)22(24)25/h4-13,20H,2-3,14H2,1H3,(H,21,23). The van der Waals surface area contributed by atoms with Crippen molar-refractivity contribution >= 4 is 33.4 Å². The minimum absolute atomic E-state index is 0.100. The Kier molecular flexibility index (Phi) is 7.42. The van der Waals surface area contributed by atoms with Crippen molar-refractivity contribution in [1.29, 1.82) is 0 Å². The van der Waals surface area contributed by atoms with Gasteiger partial charge < -0.3 is 5.32 Å². The van der Waals surface area contributed by atoms with Gasteiger partial charge in [0.05, 0.1) is 15.4 Å². The third-order valence-corrected chi connectivity index (χ3v) is 5.28. The summed E-state index contributed by atoms with van der Waals surface area (Å²) in [4.78, 5) is 22.6. The van der Waals surface area contributed by atoms with Crippen LogP contribution in [-0.4, -0.2) is 25.8 Å². The maximum absolute atomic E-state index is 12.1. The Labute approximate surface area is 163 Å². The van der Waals surface area contributed by atoms with Crippen LogP contribution in [0.4, 0.5) is 11.4 Å². The normalized spacial score (nSPS) is 11.5. The van der Waals surface area contributed by atoms with E-state index < -0.39 is 20.9 Å². The zero-order valence-corrected chi connectivity index (χ0v) is 16.1. The van der Waals surface area contributed by atoms with Crippen molar-refractivity contribution in [3.8, 4) is 0 Å². The highest BCUT2D eigenvalue weighted by molar-refractivity contribution is 7.89. The molecule has 1 amide bonds.